The largest absolute Gasteiger partial charge is 0.508 e. The van der Waals surface area contributed by atoms with Crippen molar-refractivity contribution in [3.05, 3.63) is 35.9 Å². The SMILES string of the molecule is O=C(/C=C/c1ccc(O)cc1)NO. The van der Waals surface area contributed by atoms with E-state index in [1.165, 1.54) is 29.8 Å². The summed E-state index contributed by atoms with van der Waals surface area (Å²) in [5.74, 6) is -0.420. The quantitative estimate of drug-likeness (QED) is 0.359. The predicted octanol–water partition coefficient (Wildman–Crippen LogP) is 0.911. The minimum atomic E-state index is -0.590. The molecule has 13 heavy (non-hydrogen) atoms. The Morgan fingerprint density at radius 3 is 2.46 bits per heavy atom. The Hall–Kier alpha value is -1.81. The lowest BCUT2D eigenvalue weighted by atomic mass is 10.2. The Balaban J connectivity index is 2.69. The number of phenolic OH excluding ortho intramolecular Hbond substituents is 1. The third kappa shape index (κ3) is 2.96. The summed E-state index contributed by atoms with van der Waals surface area (Å²) >= 11 is 0. The van der Waals surface area contributed by atoms with Crippen molar-refractivity contribution < 1.29 is 15.1 Å². The number of hydroxylamine groups is 1. The summed E-state index contributed by atoms with van der Waals surface area (Å²) in [5, 5.41) is 17.1. The molecule has 0 radical (unpaired) electrons. The molecule has 1 rings (SSSR count). The number of rotatable bonds is 2. The summed E-state index contributed by atoms with van der Waals surface area (Å²) in [6.45, 7) is 0. The zero-order chi connectivity index (χ0) is 9.68. The molecule has 68 valence electrons. The van der Waals surface area contributed by atoms with Gasteiger partial charge >= 0.3 is 0 Å². The van der Waals surface area contributed by atoms with Crippen molar-refractivity contribution in [2.24, 2.45) is 0 Å². The second-order valence-corrected chi connectivity index (χ2v) is 2.40. The first kappa shape index (κ1) is 9.28. The molecule has 1 aromatic carbocycles. The minimum absolute atomic E-state index is 0.170. The van der Waals surface area contributed by atoms with E-state index in [9.17, 15) is 4.79 Å². The lowest BCUT2D eigenvalue weighted by Crippen LogP contribution is -2.14. The number of benzene rings is 1. The van der Waals surface area contributed by atoms with E-state index >= 15 is 0 Å². The van der Waals surface area contributed by atoms with Crippen molar-refractivity contribution >= 4 is 12.0 Å². The van der Waals surface area contributed by atoms with E-state index in [0.29, 0.717) is 0 Å². The fourth-order valence-corrected chi connectivity index (χ4v) is 0.795. The van der Waals surface area contributed by atoms with Crippen LogP contribution in [0.25, 0.3) is 6.08 Å². The topological polar surface area (TPSA) is 69.6 Å². The van der Waals surface area contributed by atoms with Gasteiger partial charge in [-0.2, -0.15) is 0 Å². The van der Waals surface area contributed by atoms with Crippen molar-refractivity contribution in [2.75, 3.05) is 0 Å². The van der Waals surface area contributed by atoms with Crippen molar-refractivity contribution in [3.63, 3.8) is 0 Å². The van der Waals surface area contributed by atoms with E-state index in [4.69, 9.17) is 10.3 Å². The molecule has 0 saturated heterocycles. The Morgan fingerprint density at radius 1 is 1.31 bits per heavy atom. The fourth-order valence-electron chi connectivity index (χ4n) is 0.795. The highest BCUT2D eigenvalue weighted by Gasteiger charge is 1.91. The monoisotopic (exact) mass is 179 g/mol. The van der Waals surface area contributed by atoms with Gasteiger partial charge in [-0.3, -0.25) is 10.0 Å². The van der Waals surface area contributed by atoms with Gasteiger partial charge in [0.1, 0.15) is 5.75 Å². The van der Waals surface area contributed by atoms with Gasteiger partial charge in [-0.1, -0.05) is 12.1 Å². The summed E-state index contributed by atoms with van der Waals surface area (Å²) in [4.78, 5) is 10.6. The molecule has 0 aliphatic heterocycles. The first-order chi connectivity index (χ1) is 6.22. The van der Waals surface area contributed by atoms with Crippen molar-refractivity contribution in [1.29, 1.82) is 0 Å². The van der Waals surface area contributed by atoms with Gasteiger partial charge in [0, 0.05) is 6.08 Å². The molecule has 0 fully saturated rings. The third-order valence-corrected chi connectivity index (χ3v) is 1.43. The van der Waals surface area contributed by atoms with Crippen LogP contribution in [0.15, 0.2) is 30.3 Å². The maximum atomic E-state index is 10.6. The summed E-state index contributed by atoms with van der Waals surface area (Å²) in [7, 11) is 0. The van der Waals surface area contributed by atoms with Gasteiger partial charge < -0.3 is 5.11 Å². The molecule has 0 unspecified atom stereocenters. The molecule has 0 saturated carbocycles. The van der Waals surface area contributed by atoms with Crippen LogP contribution in [0.4, 0.5) is 0 Å². The lowest BCUT2D eigenvalue weighted by Gasteiger charge is -1.93. The number of hydrogen-bond donors (Lipinski definition) is 3. The van der Waals surface area contributed by atoms with Gasteiger partial charge in [-0.05, 0) is 23.8 Å². The molecule has 0 bridgehead atoms. The first-order valence-electron chi connectivity index (χ1n) is 3.63. The van der Waals surface area contributed by atoms with Gasteiger partial charge in [0.2, 0.25) is 0 Å². The smallest absolute Gasteiger partial charge is 0.267 e. The Kier molecular flexibility index (Phi) is 3.05. The van der Waals surface area contributed by atoms with Gasteiger partial charge in [-0.25, -0.2) is 5.48 Å². The summed E-state index contributed by atoms with van der Waals surface area (Å²) in [6.07, 6.45) is 2.71. The first-order valence-corrected chi connectivity index (χ1v) is 3.63. The van der Waals surface area contributed by atoms with E-state index in [0.717, 1.165) is 5.56 Å². The molecule has 0 aliphatic rings. The molecule has 0 atom stereocenters. The normalized spacial score (nSPS) is 10.2. The van der Waals surface area contributed by atoms with Crippen LogP contribution in [-0.2, 0) is 4.79 Å². The number of phenols is 1. The number of nitrogens with one attached hydrogen (secondary N) is 1. The van der Waals surface area contributed by atoms with Crippen molar-refractivity contribution in [1.82, 2.24) is 5.48 Å². The Labute approximate surface area is 75.1 Å². The zero-order valence-corrected chi connectivity index (χ0v) is 6.77. The summed E-state index contributed by atoms with van der Waals surface area (Å²) in [6, 6.07) is 6.32. The average molecular weight is 179 g/mol. The number of carbonyl (C=O) groups is 1. The molecule has 1 amide bonds. The van der Waals surface area contributed by atoms with Crippen molar-refractivity contribution in [3.8, 4) is 5.75 Å². The van der Waals surface area contributed by atoms with Gasteiger partial charge in [-0.15, -0.1) is 0 Å². The van der Waals surface area contributed by atoms with Gasteiger partial charge in [0.05, 0.1) is 0 Å². The molecular weight excluding hydrogens is 170 g/mol. The zero-order valence-electron chi connectivity index (χ0n) is 6.77. The van der Waals surface area contributed by atoms with Crippen LogP contribution in [0.1, 0.15) is 5.56 Å². The Morgan fingerprint density at radius 2 is 1.92 bits per heavy atom. The lowest BCUT2D eigenvalue weighted by molar-refractivity contribution is -0.124. The number of carbonyl (C=O) groups excluding carboxylic acids is 1. The maximum absolute atomic E-state index is 10.6. The van der Waals surface area contributed by atoms with Crippen LogP contribution >= 0.6 is 0 Å². The minimum Gasteiger partial charge on any atom is -0.508 e. The van der Waals surface area contributed by atoms with Crippen LogP contribution in [0.3, 0.4) is 0 Å². The van der Waals surface area contributed by atoms with Crippen LogP contribution in [0.2, 0.25) is 0 Å². The van der Waals surface area contributed by atoms with E-state index in [1.807, 2.05) is 0 Å². The van der Waals surface area contributed by atoms with E-state index < -0.39 is 5.91 Å². The highest BCUT2D eigenvalue weighted by atomic mass is 16.5. The summed E-state index contributed by atoms with van der Waals surface area (Å²) < 4.78 is 0. The molecule has 0 spiro atoms. The molecule has 0 aromatic heterocycles. The van der Waals surface area contributed by atoms with E-state index in [-0.39, 0.29) is 5.75 Å². The molecule has 1 aromatic rings. The van der Waals surface area contributed by atoms with Crippen LogP contribution in [0, 0.1) is 0 Å². The average Bonchev–Trinajstić information content (AvgIpc) is 2.16. The molecule has 4 nitrogen and oxygen atoms in total. The van der Waals surface area contributed by atoms with Crippen molar-refractivity contribution in [2.45, 2.75) is 0 Å². The molecule has 4 heteroatoms. The number of amides is 1. The van der Waals surface area contributed by atoms with E-state index in [1.54, 1.807) is 12.1 Å². The molecule has 0 aliphatic carbocycles. The molecule has 0 heterocycles. The van der Waals surface area contributed by atoms with Gasteiger partial charge in [0.15, 0.2) is 0 Å². The van der Waals surface area contributed by atoms with E-state index in [2.05, 4.69) is 0 Å². The molecule has 3 N–H and O–H groups in total. The standard InChI is InChI=1S/C9H9NO3/c11-8-4-1-7(2-5-8)3-6-9(12)10-13/h1-6,11,13H,(H,10,12)/b6-3+. The van der Waals surface area contributed by atoms with Crippen LogP contribution in [0.5, 0.6) is 5.75 Å². The van der Waals surface area contributed by atoms with Gasteiger partial charge in [0.25, 0.3) is 5.91 Å². The maximum Gasteiger partial charge on any atom is 0.267 e. The molecular formula is C9H9NO3. The number of hydrogen-bond acceptors (Lipinski definition) is 3. The second-order valence-electron chi connectivity index (χ2n) is 2.40. The highest BCUT2D eigenvalue weighted by Crippen LogP contribution is 2.10. The number of aromatic hydroxyl groups is 1. The third-order valence-electron chi connectivity index (χ3n) is 1.43. The second kappa shape index (κ2) is 4.27. The fraction of sp³-hybridized carbons (Fsp3) is 0. The highest BCUT2D eigenvalue weighted by molar-refractivity contribution is 5.90. The predicted molar refractivity (Wildman–Crippen MR) is 47.1 cm³/mol. The summed E-state index contributed by atoms with van der Waals surface area (Å²) in [5.41, 5.74) is 2.24. The Bertz CT molecular complexity index is 316. The van der Waals surface area contributed by atoms with Crippen LogP contribution < -0.4 is 5.48 Å². The van der Waals surface area contributed by atoms with Crippen LogP contribution in [-0.4, -0.2) is 16.2 Å².